The van der Waals surface area contributed by atoms with Crippen LogP contribution in [0.5, 0.6) is 0 Å². The average Bonchev–Trinajstić information content (AvgIpc) is 2.89. The minimum atomic E-state index is -0.762. The molecule has 1 heterocycles. The van der Waals surface area contributed by atoms with Crippen LogP contribution in [0.1, 0.15) is 39.0 Å². The van der Waals surface area contributed by atoms with Crippen LogP contribution in [0.2, 0.25) is 0 Å². The first-order valence-corrected chi connectivity index (χ1v) is 6.02. The molecule has 4 nitrogen and oxygen atoms in total. The molecule has 0 aromatic carbocycles. The Balaban J connectivity index is 1.99. The average molecular weight is 222 g/mol. The van der Waals surface area contributed by atoms with E-state index in [-0.39, 0.29) is 18.1 Å². The summed E-state index contributed by atoms with van der Waals surface area (Å²) in [5.74, 6) is -0.0881. The molecule has 0 aromatic heterocycles. The number of rotatable bonds is 2. The lowest BCUT2D eigenvalue weighted by atomic mass is 9.86. The molecule has 0 spiro atoms. The fourth-order valence-electron chi connectivity index (χ4n) is 2.60. The first-order chi connectivity index (χ1) is 7.68. The number of carbonyl (C=O) groups excluding carboxylic acids is 1. The van der Waals surface area contributed by atoms with Crippen LogP contribution in [-0.2, 0) is 9.53 Å². The van der Waals surface area contributed by atoms with Gasteiger partial charge in [-0.3, -0.25) is 4.79 Å². The molecule has 2 aliphatic rings. The summed E-state index contributed by atoms with van der Waals surface area (Å²) in [4.78, 5) is 12.1. The number of carbonyl (C=O) groups is 1. The van der Waals surface area contributed by atoms with E-state index in [0.29, 0.717) is 19.4 Å². The van der Waals surface area contributed by atoms with E-state index in [1.807, 2.05) is 6.92 Å². The van der Waals surface area contributed by atoms with Crippen LogP contribution in [0, 0.1) is 16.7 Å². The van der Waals surface area contributed by atoms with Gasteiger partial charge in [-0.15, -0.1) is 0 Å². The third kappa shape index (κ3) is 1.92. The van der Waals surface area contributed by atoms with Gasteiger partial charge in [0, 0.05) is 6.61 Å². The van der Waals surface area contributed by atoms with Crippen molar-refractivity contribution in [3.63, 3.8) is 0 Å². The van der Waals surface area contributed by atoms with Crippen LogP contribution in [0.3, 0.4) is 0 Å². The molecule has 2 unspecified atom stereocenters. The summed E-state index contributed by atoms with van der Waals surface area (Å²) in [6.07, 6.45) is 4.30. The molecule has 1 saturated carbocycles. The van der Waals surface area contributed by atoms with Crippen molar-refractivity contribution in [3.05, 3.63) is 0 Å². The van der Waals surface area contributed by atoms with Crippen LogP contribution >= 0.6 is 0 Å². The van der Waals surface area contributed by atoms with Crippen LogP contribution in [0.25, 0.3) is 0 Å². The van der Waals surface area contributed by atoms with Gasteiger partial charge < -0.3 is 10.1 Å². The SMILES string of the molecule is CC1OCCC1NC(=O)C1(C#N)CCCC1. The third-order valence-electron chi connectivity index (χ3n) is 3.80. The summed E-state index contributed by atoms with van der Waals surface area (Å²) >= 11 is 0. The number of hydrogen-bond acceptors (Lipinski definition) is 3. The van der Waals surface area contributed by atoms with Gasteiger partial charge in [0.1, 0.15) is 5.41 Å². The molecule has 1 saturated heterocycles. The van der Waals surface area contributed by atoms with Gasteiger partial charge in [-0.1, -0.05) is 12.8 Å². The normalized spacial score (nSPS) is 32.2. The Kier molecular flexibility index (Phi) is 3.15. The van der Waals surface area contributed by atoms with E-state index < -0.39 is 5.41 Å². The molecule has 1 aliphatic carbocycles. The van der Waals surface area contributed by atoms with E-state index in [4.69, 9.17) is 4.74 Å². The van der Waals surface area contributed by atoms with Crippen molar-refractivity contribution in [2.45, 2.75) is 51.2 Å². The number of nitriles is 1. The van der Waals surface area contributed by atoms with Gasteiger partial charge in [-0.2, -0.15) is 5.26 Å². The second-order valence-corrected chi connectivity index (χ2v) is 4.85. The first-order valence-electron chi connectivity index (χ1n) is 6.02. The molecule has 2 rings (SSSR count). The van der Waals surface area contributed by atoms with Crippen molar-refractivity contribution in [1.82, 2.24) is 5.32 Å². The van der Waals surface area contributed by atoms with Crippen LogP contribution < -0.4 is 5.32 Å². The maximum absolute atomic E-state index is 12.1. The number of amides is 1. The standard InChI is InChI=1S/C12H18N2O2/c1-9-10(4-7-16-9)14-11(15)12(8-13)5-2-3-6-12/h9-10H,2-7H2,1H3,(H,14,15). The minimum absolute atomic E-state index is 0.0705. The van der Waals surface area contributed by atoms with Crippen molar-refractivity contribution in [1.29, 1.82) is 5.26 Å². The molecule has 2 atom stereocenters. The largest absolute Gasteiger partial charge is 0.376 e. The van der Waals surface area contributed by atoms with Crippen LogP contribution in [-0.4, -0.2) is 24.7 Å². The second kappa shape index (κ2) is 4.42. The van der Waals surface area contributed by atoms with E-state index in [9.17, 15) is 10.1 Å². The monoisotopic (exact) mass is 222 g/mol. The molecule has 0 radical (unpaired) electrons. The molecule has 88 valence electrons. The minimum Gasteiger partial charge on any atom is -0.376 e. The van der Waals surface area contributed by atoms with Gasteiger partial charge in [-0.05, 0) is 26.2 Å². The van der Waals surface area contributed by atoms with Gasteiger partial charge in [-0.25, -0.2) is 0 Å². The Hall–Kier alpha value is -1.08. The summed E-state index contributed by atoms with van der Waals surface area (Å²) in [5.41, 5.74) is -0.762. The highest BCUT2D eigenvalue weighted by Gasteiger charge is 2.43. The van der Waals surface area contributed by atoms with Crippen molar-refractivity contribution in [3.8, 4) is 6.07 Å². The first kappa shape index (κ1) is 11.4. The Bertz CT molecular complexity index is 315. The van der Waals surface area contributed by atoms with Crippen LogP contribution in [0.4, 0.5) is 0 Å². The number of nitrogens with one attached hydrogen (secondary N) is 1. The Morgan fingerprint density at radius 1 is 1.50 bits per heavy atom. The number of ether oxygens (including phenoxy) is 1. The molecule has 1 amide bonds. The van der Waals surface area contributed by atoms with Gasteiger partial charge in [0.25, 0.3) is 0 Å². The number of hydrogen-bond donors (Lipinski definition) is 1. The zero-order valence-electron chi connectivity index (χ0n) is 9.66. The van der Waals surface area contributed by atoms with Crippen molar-refractivity contribution in [2.24, 2.45) is 5.41 Å². The van der Waals surface area contributed by atoms with E-state index in [0.717, 1.165) is 19.3 Å². The predicted molar refractivity (Wildman–Crippen MR) is 58.5 cm³/mol. The maximum Gasteiger partial charge on any atom is 0.240 e. The fraction of sp³-hybridized carbons (Fsp3) is 0.833. The topological polar surface area (TPSA) is 62.1 Å². The van der Waals surface area contributed by atoms with Crippen molar-refractivity contribution >= 4 is 5.91 Å². The summed E-state index contributed by atoms with van der Waals surface area (Å²) in [6.45, 7) is 2.66. The summed E-state index contributed by atoms with van der Waals surface area (Å²) in [7, 11) is 0. The van der Waals surface area contributed by atoms with Crippen molar-refractivity contribution < 1.29 is 9.53 Å². The molecular weight excluding hydrogens is 204 g/mol. The molecule has 16 heavy (non-hydrogen) atoms. The molecule has 1 aliphatic heterocycles. The lowest BCUT2D eigenvalue weighted by Crippen LogP contribution is -2.46. The second-order valence-electron chi connectivity index (χ2n) is 4.85. The van der Waals surface area contributed by atoms with Crippen molar-refractivity contribution in [2.75, 3.05) is 6.61 Å². The highest BCUT2D eigenvalue weighted by molar-refractivity contribution is 5.86. The third-order valence-corrected chi connectivity index (χ3v) is 3.80. The van der Waals surface area contributed by atoms with E-state index >= 15 is 0 Å². The van der Waals surface area contributed by atoms with Gasteiger partial charge in [0.2, 0.25) is 5.91 Å². The van der Waals surface area contributed by atoms with Crippen LogP contribution in [0.15, 0.2) is 0 Å². The van der Waals surface area contributed by atoms with Gasteiger partial charge in [0.15, 0.2) is 0 Å². The maximum atomic E-state index is 12.1. The zero-order valence-corrected chi connectivity index (χ0v) is 9.66. The number of nitrogens with zero attached hydrogens (tertiary/aromatic N) is 1. The van der Waals surface area contributed by atoms with Gasteiger partial charge >= 0.3 is 0 Å². The lowest BCUT2D eigenvalue weighted by molar-refractivity contribution is -0.129. The zero-order chi connectivity index (χ0) is 11.6. The molecule has 2 fully saturated rings. The highest BCUT2D eigenvalue weighted by Crippen LogP contribution is 2.37. The summed E-state index contributed by atoms with van der Waals surface area (Å²) < 4.78 is 5.40. The Morgan fingerprint density at radius 3 is 2.69 bits per heavy atom. The molecule has 0 bridgehead atoms. The highest BCUT2D eigenvalue weighted by atomic mass is 16.5. The quantitative estimate of drug-likeness (QED) is 0.767. The summed E-state index contributed by atoms with van der Waals surface area (Å²) in [5, 5.41) is 12.2. The predicted octanol–water partition coefficient (Wildman–Crippen LogP) is 1.36. The Labute approximate surface area is 96.0 Å². The van der Waals surface area contributed by atoms with Gasteiger partial charge in [0.05, 0.1) is 18.2 Å². The Morgan fingerprint density at radius 2 is 2.19 bits per heavy atom. The lowest BCUT2D eigenvalue weighted by Gasteiger charge is -2.23. The molecule has 0 aromatic rings. The molecular formula is C12H18N2O2. The van der Waals surface area contributed by atoms with E-state index in [1.165, 1.54) is 0 Å². The summed E-state index contributed by atoms with van der Waals surface area (Å²) in [6, 6.07) is 2.29. The smallest absolute Gasteiger partial charge is 0.240 e. The van der Waals surface area contributed by atoms with E-state index in [1.54, 1.807) is 0 Å². The molecule has 1 N–H and O–H groups in total. The fourth-order valence-corrected chi connectivity index (χ4v) is 2.60. The van der Waals surface area contributed by atoms with E-state index in [2.05, 4.69) is 11.4 Å². The molecule has 4 heteroatoms.